The van der Waals surface area contributed by atoms with Crippen LogP contribution >= 0.6 is 27.3 Å². The van der Waals surface area contributed by atoms with E-state index in [1.807, 2.05) is 18.2 Å². The van der Waals surface area contributed by atoms with Gasteiger partial charge in [-0.3, -0.25) is 15.0 Å². The number of carboxylic acid groups (broad SMARTS) is 2. The van der Waals surface area contributed by atoms with Crippen molar-refractivity contribution in [3.8, 4) is 0 Å². The molecule has 44 heavy (non-hydrogen) atoms. The first-order valence-corrected chi connectivity index (χ1v) is 14.4. The lowest BCUT2D eigenvalue weighted by atomic mass is 9.91. The van der Waals surface area contributed by atoms with Crippen LogP contribution in [0.15, 0.2) is 46.9 Å². The SMILES string of the molecule is N=C(N)N1CCc2nc(C(=O)N3CCc4c(Br)cccc4C3C(=O)Nc3ccc(C(=O)O)cc3)sc2C1.O=C(O)C(F)(F)F. The Labute approximate surface area is 259 Å². The van der Waals surface area contributed by atoms with Crippen LogP contribution in [-0.2, 0) is 29.0 Å². The number of nitrogens with two attached hydrogens (primary N) is 1. The maximum Gasteiger partial charge on any atom is 0.490 e. The Balaban J connectivity index is 0.000000566. The van der Waals surface area contributed by atoms with Gasteiger partial charge in [-0.1, -0.05) is 28.1 Å². The van der Waals surface area contributed by atoms with Gasteiger partial charge in [0.25, 0.3) is 11.8 Å². The minimum atomic E-state index is -5.08. The number of anilines is 1. The van der Waals surface area contributed by atoms with E-state index in [0.717, 1.165) is 26.2 Å². The van der Waals surface area contributed by atoms with E-state index >= 15 is 0 Å². The zero-order valence-corrected chi connectivity index (χ0v) is 24.9. The summed E-state index contributed by atoms with van der Waals surface area (Å²) < 4.78 is 32.6. The summed E-state index contributed by atoms with van der Waals surface area (Å²) in [6.07, 6.45) is -3.92. The quantitative estimate of drug-likeness (QED) is 0.199. The number of carboxylic acids is 2. The Morgan fingerprint density at radius 1 is 1.07 bits per heavy atom. The third-order valence-electron chi connectivity index (χ3n) is 6.77. The molecule has 0 saturated heterocycles. The summed E-state index contributed by atoms with van der Waals surface area (Å²) in [6, 6.07) is 10.6. The highest BCUT2D eigenvalue weighted by Crippen LogP contribution is 2.37. The molecule has 3 aromatic rings. The summed E-state index contributed by atoms with van der Waals surface area (Å²) in [5, 5.41) is 27.1. The van der Waals surface area contributed by atoms with Crippen molar-refractivity contribution in [1.29, 1.82) is 5.41 Å². The lowest BCUT2D eigenvalue weighted by molar-refractivity contribution is -0.192. The fraction of sp³-hybridized carbons (Fsp3) is 0.259. The molecule has 17 heteroatoms. The molecule has 232 valence electrons. The molecule has 0 fully saturated rings. The molecule has 0 bridgehead atoms. The number of fused-ring (bicyclic) bond motifs is 2. The summed E-state index contributed by atoms with van der Waals surface area (Å²) in [6.45, 7) is 1.33. The fourth-order valence-corrected chi connectivity index (χ4v) is 6.31. The van der Waals surface area contributed by atoms with Gasteiger partial charge in [-0.25, -0.2) is 14.6 Å². The van der Waals surface area contributed by atoms with Gasteiger partial charge in [-0.05, 0) is 47.9 Å². The molecule has 12 nitrogen and oxygen atoms in total. The molecule has 2 aromatic carbocycles. The Morgan fingerprint density at radius 2 is 1.73 bits per heavy atom. The molecular weight excluding hydrogens is 673 g/mol. The monoisotopic (exact) mass is 696 g/mol. The fourth-order valence-electron chi connectivity index (χ4n) is 4.65. The third kappa shape index (κ3) is 7.16. The van der Waals surface area contributed by atoms with Crippen LogP contribution in [0.4, 0.5) is 18.9 Å². The molecule has 0 radical (unpaired) electrons. The van der Waals surface area contributed by atoms with E-state index in [9.17, 15) is 27.6 Å². The second-order valence-electron chi connectivity index (χ2n) is 9.58. The average Bonchev–Trinajstić information content (AvgIpc) is 3.40. The number of carbonyl (C=O) groups is 4. The van der Waals surface area contributed by atoms with Gasteiger partial charge in [0.05, 0.1) is 17.8 Å². The van der Waals surface area contributed by atoms with E-state index in [-0.39, 0.29) is 17.4 Å². The number of aromatic carboxylic acids is 1. The number of amides is 2. The number of rotatable bonds is 4. The van der Waals surface area contributed by atoms with Crippen molar-refractivity contribution in [2.75, 3.05) is 18.4 Å². The maximum atomic E-state index is 13.8. The normalized spacial score (nSPS) is 15.7. The number of nitrogens with zero attached hydrogens (tertiary/aromatic N) is 3. The van der Waals surface area contributed by atoms with Gasteiger partial charge in [0.2, 0.25) is 0 Å². The molecule has 2 aliphatic rings. The van der Waals surface area contributed by atoms with Gasteiger partial charge >= 0.3 is 18.1 Å². The highest BCUT2D eigenvalue weighted by atomic mass is 79.9. The molecule has 2 amide bonds. The molecule has 1 aromatic heterocycles. The van der Waals surface area contributed by atoms with E-state index in [4.69, 9.17) is 26.2 Å². The number of carbonyl (C=O) groups excluding carboxylic acids is 2. The molecule has 0 spiro atoms. The van der Waals surface area contributed by atoms with Gasteiger partial charge in [0, 0.05) is 34.5 Å². The number of benzene rings is 2. The van der Waals surface area contributed by atoms with Crippen molar-refractivity contribution in [3.05, 3.63) is 79.2 Å². The predicted octanol–water partition coefficient (Wildman–Crippen LogP) is 3.87. The van der Waals surface area contributed by atoms with Gasteiger partial charge < -0.3 is 31.1 Å². The predicted molar refractivity (Wildman–Crippen MR) is 155 cm³/mol. The number of halogens is 4. The largest absolute Gasteiger partial charge is 0.490 e. The Hall–Kier alpha value is -4.51. The summed E-state index contributed by atoms with van der Waals surface area (Å²) in [4.78, 5) is 56.2. The molecule has 6 N–H and O–H groups in total. The Bertz CT molecular complexity index is 1630. The summed E-state index contributed by atoms with van der Waals surface area (Å²) >= 11 is 4.84. The minimum Gasteiger partial charge on any atom is -0.478 e. The van der Waals surface area contributed by atoms with Crippen molar-refractivity contribution in [2.24, 2.45) is 5.73 Å². The topological polar surface area (TPSA) is 190 Å². The molecule has 3 heterocycles. The summed E-state index contributed by atoms with van der Waals surface area (Å²) in [7, 11) is 0. The Kier molecular flexibility index (Phi) is 9.58. The summed E-state index contributed by atoms with van der Waals surface area (Å²) in [5.74, 6) is -4.57. The second-order valence-corrected chi connectivity index (χ2v) is 11.5. The number of aliphatic carboxylic acids is 1. The van der Waals surface area contributed by atoms with E-state index in [1.165, 1.54) is 35.6 Å². The highest BCUT2D eigenvalue weighted by molar-refractivity contribution is 9.10. The number of alkyl halides is 3. The van der Waals surface area contributed by atoms with Crippen LogP contribution in [0.5, 0.6) is 0 Å². The minimum absolute atomic E-state index is 0.0155. The maximum absolute atomic E-state index is 13.8. The number of aromatic nitrogens is 1. The van der Waals surface area contributed by atoms with Crippen molar-refractivity contribution in [1.82, 2.24) is 14.8 Å². The third-order valence-corrected chi connectivity index (χ3v) is 8.58. The van der Waals surface area contributed by atoms with Crippen LogP contribution < -0.4 is 11.1 Å². The van der Waals surface area contributed by atoms with Gasteiger partial charge in [0.1, 0.15) is 6.04 Å². The molecule has 0 saturated carbocycles. The average molecular weight is 697 g/mol. The number of hydrogen-bond donors (Lipinski definition) is 5. The van der Waals surface area contributed by atoms with Crippen LogP contribution in [0.1, 0.15) is 47.9 Å². The number of guanidine groups is 1. The first-order valence-electron chi connectivity index (χ1n) is 12.8. The van der Waals surface area contributed by atoms with Crippen LogP contribution in [0.3, 0.4) is 0 Å². The lowest BCUT2D eigenvalue weighted by Gasteiger charge is -2.36. The lowest BCUT2D eigenvalue weighted by Crippen LogP contribution is -2.45. The van der Waals surface area contributed by atoms with Crippen LogP contribution in [0.2, 0.25) is 0 Å². The zero-order valence-electron chi connectivity index (χ0n) is 22.5. The van der Waals surface area contributed by atoms with E-state index in [2.05, 4.69) is 26.2 Å². The van der Waals surface area contributed by atoms with E-state index in [0.29, 0.717) is 43.2 Å². The summed E-state index contributed by atoms with van der Waals surface area (Å²) in [5.41, 5.74) is 8.69. The van der Waals surface area contributed by atoms with E-state index in [1.54, 1.807) is 9.80 Å². The highest BCUT2D eigenvalue weighted by Gasteiger charge is 2.39. The van der Waals surface area contributed by atoms with Crippen molar-refractivity contribution in [2.45, 2.75) is 31.6 Å². The van der Waals surface area contributed by atoms with Gasteiger partial charge in [0.15, 0.2) is 11.0 Å². The van der Waals surface area contributed by atoms with Gasteiger partial charge in [-0.15, -0.1) is 11.3 Å². The molecule has 1 atom stereocenters. The second kappa shape index (κ2) is 13.0. The van der Waals surface area contributed by atoms with Crippen molar-refractivity contribution in [3.63, 3.8) is 0 Å². The van der Waals surface area contributed by atoms with Crippen LogP contribution in [0.25, 0.3) is 0 Å². The first-order chi connectivity index (χ1) is 20.7. The van der Waals surface area contributed by atoms with E-state index < -0.39 is 30.1 Å². The number of hydrogen-bond acceptors (Lipinski definition) is 7. The molecule has 1 unspecified atom stereocenters. The zero-order chi connectivity index (χ0) is 32.3. The standard InChI is InChI=1S/C25H23BrN6O4S.C2HF3O2/c26-17-3-1-2-16-15(17)8-11-32(20(16)21(33)29-14-6-4-13(5-7-14)24(35)36)23(34)22-30-18-9-10-31(25(27)28)12-19(18)37-22;3-2(4,5)1(6)7/h1-7,20H,8-12H2,(H3,27,28)(H,29,33)(H,35,36);(H,6,7). The number of thiazole rings is 1. The number of nitrogens with one attached hydrogen (secondary N) is 2. The van der Waals surface area contributed by atoms with Gasteiger partial charge in [-0.2, -0.15) is 13.2 Å². The molecule has 5 rings (SSSR count). The van der Waals surface area contributed by atoms with Crippen molar-refractivity contribution < 1.29 is 42.6 Å². The first kappa shape index (κ1) is 32.4. The molecule has 0 aliphatic carbocycles. The van der Waals surface area contributed by atoms with Crippen LogP contribution in [-0.4, -0.2) is 74.0 Å². The smallest absolute Gasteiger partial charge is 0.478 e. The molecule has 2 aliphatic heterocycles. The van der Waals surface area contributed by atoms with Crippen molar-refractivity contribution >= 4 is 62.7 Å². The Morgan fingerprint density at radius 3 is 2.32 bits per heavy atom. The van der Waals surface area contributed by atoms with Crippen LogP contribution in [0, 0.1) is 5.41 Å². The molecular formula is C27H24BrF3N6O6S.